The van der Waals surface area contributed by atoms with Crippen molar-refractivity contribution in [3.05, 3.63) is 29.8 Å². The highest BCUT2D eigenvalue weighted by atomic mass is 19.1. The predicted molar refractivity (Wildman–Crippen MR) is 70.9 cm³/mol. The van der Waals surface area contributed by atoms with Crippen LogP contribution in [0.25, 0.3) is 0 Å². The molecule has 0 fully saturated rings. The number of hydrogen-bond donors (Lipinski definition) is 1. The number of nitrogens with one attached hydrogen (secondary N) is 1. The molecule has 102 valence electrons. The van der Waals surface area contributed by atoms with E-state index in [2.05, 4.69) is 24.1 Å². The molecule has 1 aromatic heterocycles. The van der Waals surface area contributed by atoms with Crippen LogP contribution in [0.5, 0.6) is 0 Å². The van der Waals surface area contributed by atoms with E-state index in [0.29, 0.717) is 6.61 Å². The maximum absolute atomic E-state index is 13.3. The lowest BCUT2D eigenvalue weighted by Crippen LogP contribution is -2.34. The number of pyridine rings is 1. The van der Waals surface area contributed by atoms with Crippen LogP contribution in [0.3, 0.4) is 0 Å². The second-order valence-corrected chi connectivity index (χ2v) is 4.27. The van der Waals surface area contributed by atoms with Gasteiger partial charge in [-0.05, 0) is 37.9 Å². The van der Waals surface area contributed by atoms with Crippen LogP contribution < -0.4 is 5.32 Å². The Labute approximate surface area is 109 Å². The molecule has 0 saturated heterocycles. The lowest BCUT2D eigenvalue weighted by molar-refractivity contribution is 0.0313. The van der Waals surface area contributed by atoms with Crippen molar-refractivity contribution in [1.82, 2.24) is 10.3 Å². The third-order valence-electron chi connectivity index (χ3n) is 2.85. The summed E-state index contributed by atoms with van der Waals surface area (Å²) >= 11 is 0. The van der Waals surface area contributed by atoms with Crippen molar-refractivity contribution in [2.24, 2.45) is 0 Å². The molecule has 0 aliphatic rings. The standard InChI is InChI=1S/C14H23FN2O/c1-4-7-17-14(13(5-2)18-6-3)11-8-12(15)10-16-9-11/h8-10,13-14,17H,4-7H2,1-3H3. The van der Waals surface area contributed by atoms with Gasteiger partial charge in [-0.3, -0.25) is 4.98 Å². The van der Waals surface area contributed by atoms with Gasteiger partial charge in [-0.25, -0.2) is 4.39 Å². The molecule has 2 unspecified atom stereocenters. The molecule has 1 N–H and O–H groups in total. The van der Waals surface area contributed by atoms with E-state index in [9.17, 15) is 4.39 Å². The summed E-state index contributed by atoms with van der Waals surface area (Å²) in [5, 5.41) is 3.42. The van der Waals surface area contributed by atoms with E-state index in [1.54, 1.807) is 6.20 Å². The minimum Gasteiger partial charge on any atom is -0.377 e. The molecule has 0 aromatic carbocycles. The average molecular weight is 254 g/mol. The molecule has 2 atom stereocenters. The monoisotopic (exact) mass is 254 g/mol. The first kappa shape index (κ1) is 15.1. The van der Waals surface area contributed by atoms with Gasteiger partial charge in [0.05, 0.1) is 18.3 Å². The summed E-state index contributed by atoms with van der Waals surface area (Å²) in [4.78, 5) is 3.92. The molecule has 0 spiro atoms. The van der Waals surface area contributed by atoms with E-state index in [1.165, 1.54) is 12.3 Å². The van der Waals surface area contributed by atoms with Crippen molar-refractivity contribution in [3.63, 3.8) is 0 Å². The molecule has 4 heteroatoms. The molecule has 0 amide bonds. The third kappa shape index (κ3) is 4.35. The maximum atomic E-state index is 13.3. The van der Waals surface area contributed by atoms with Gasteiger partial charge in [0.15, 0.2) is 0 Å². The topological polar surface area (TPSA) is 34.2 Å². The van der Waals surface area contributed by atoms with Gasteiger partial charge in [0.25, 0.3) is 0 Å². The van der Waals surface area contributed by atoms with Gasteiger partial charge in [-0.2, -0.15) is 0 Å². The molecule has 3 nitrogen and oxygen atoms in total. The zero-order valence-electron chi connectivity index (χ0n) is 11.4. The summed E-state index contributed by atoms with van der Waals surface area (Å²) in [7, 11) is 0. The van der Waals surface area contributed by atoms with Gasteiger partial charge in [-0.15, -0.1) is 0 Å². The fourth-order valence-electron chi connectivity index (χ4n) is 2.03. The van der Waals surface area contributed by atoms with E-state index >= 15 is 0 Å². The summed E-state index contributed by atoms with van der Waals surface area (Å²) in [6.07, 6.45) is 4.89. The molecule has 0 saturated carbocycles. The van der Waals surface area contributed by atoms with Gasteiger partial charge >= 0.3 is 0 Å². The maximum Gasteiger partial charge on any atom is 0.141 e. The van der Waals surface area contributed by atoms with Crippen molar-refractivity contribution in [2.75, 3.05) is 13.2 Å². The molecule has 1 aromatic rings. The van der Waals surface area contributed by atoms with Gasteiger partial charge in [0.1, 0.15) is 5.82 Å². The van der Waals surface area contributed by atoms with Crippen LogP contribution >= 0.6 is 0 Å². The molecule has 1 rings (SSSR count). The minimum atomic E-state index is -0.304. The van der Waals surface area contributed by atoms with E-state index in [0.717, 1.165) is 24.9 Å². The molecule has 0 aliphatic carbocycles. The highest BCUT2D eigenvalue weighted by Gasteiger charge is 2.22. The predicted octanol–water partition coefficient (Wildman–Crippen LogP) is 3.08. The Morgan fingerprint density at radius 1 is 1.33 bits per heavy atom. The molecule has 1 heterocycles. The second kappa shape index (κ2) is 8.16. The summed E-state index contributed by atoms with van der Waals surface area (Å²) in [5.41, 5.74) is 0.851. The first-order chi connectivity index (χ1) is 8.72. The highest BCUT2D eigenvalue weighted by molar-refractivity contribution is 5.16. The lowest BCUT2D eigenvalue weighted by atomic mass is 10.0. The van der Waals surface area contributed by atoms with Crippen molar-refractivity contribution >= 4 is 0 Å². The zero-order valence-corrected chi connectivity index (χ0v) is 11.4. The molecule has 0 bridgehead atoms. The Morgan fingerprint density at radius 3 is 2.67 bits per heavy atom. The van der Waals surface area contributed by atoms with Crippen LogP contribution in [0.4, 0.5) is 4.39 Å². The zero-order chi connectivity index (χ0) is 13.4. The number of hydrogen-bond acceptors (Lipinski definition) is 3. The van der Waals surface area contributed by atoms with E-state index < -0.39 is 0 Å². The summed E-state index contributed by atoms with van der Waals surface area (Å²) in [6.45, 7) is 7.70. The van der Waals surface area contributed by atoms with Crippen molar-refractivity contribution in [1.29, 1.82) is 0 Å². The fraction of sp³-hybridized carbons (Fsp3) is 0.643. The number of rotatable bonds is 8. The Hall–Kier alpha value is -1.00. The van der Waals surface area contributed by atoms with Crippen LogP contribution in [0.15, 0.2) is 18.5 Å². The summed E-state index contributed by atoms with van der Waals surface area (Å²) in [5.74, 6) is -0.304. The fourth-order valence-corrected chi connectivity index (χ4v) is 2.03. The van der Waals surface area contributed by atoms with Crippen molar-refractivity contribution in [2.45, 2.75) is 45.8 Å². The Kier molecular flexibility index (Phi) is 6.83. The van der Waals surface area contributed by atoms with Crippen LogP contribution in [-0.4, -0.2) is 24.2 Å². The smallest absolute Gasteiger partial charge is 0.141 e. The van der Waals surface area contributed by atoms with Gasteiger partial charge in [-0.1, -0.05) is 13.8 Å². The van der Waals surface area contributed by atoms with Crippen LogP contribution in [0.2, 0.25) is 0 Å². The largest absolute Gasteiger partial charge is 0.377 e. The molecule has 0 radical (unpaired) electrons. The van der Waals surface area contributed by atoms with Gasteiger partial charge in [0, 0.05) is 12.8 Å². The van der Waals surface area contributed by atoms with Crippen molar-refractivity contribution in [3.8, 4) is 0 Å². The van der Waals surface area contributed by atoms with Gasteiger partial charge < -0.3 is 10.1 Å². The highest BCUT2D eigenvalue weighted by Crippen LogP contribution is 2.21. The van der Waals surface area contributed by atoms with Crippen LogP contribution in [0.1, 0.15) is 45.2 Å². The normalized spacial score (nSPS) is 14.4. The molecule has 18 heavy (non-hydrogen) atoms. The molecular weight excluding hydrogens is 231 g/mol. The average Bonchev–Trinajstić information content (AvgIpc) is 2.38. The van der Waals surface area contributed by atoms with Crippen LogP contribution in [0, 0.1) is 5.82 Å². The lowest BCUT2D eigenvalue weighted by Gasteiger charge is -2.27. The first-order valence-electron chi connectivity index (χ1n) is 6.68. The van der Waals surface area contributed by atoms with Crippen molar-refractivity contribution < 1.29 is 9.13 Å². The number of aromatic nitrogens is 1. The first-order valence-corrected chi connectivity index (χ1v) is 6.68. The summed E-state index contributed by atoms with van der Waals surface area (Å²) < 4.78 is 19.0. The van der Waals surface area contributed by atoms with Gasteiger partial charge in [0.2, 0.25) is 0 Å². The Bertz CT molecular complexity index is 346. The van der Waals surface area contributed by atoms with E-state index in [1.807, 2.05) is 6.92 Å². The second-order valence-electron chi connectivity index (χ2n) is 4.27. The number of halogens is 1. The Morgan fingerprint density at radius 2 is 2.11 bits per heavy atom. The quantitative estimate of drug-likeness (QED) is 0.774. The molecule has 0 aliphatic heterocycles. The minimum absolute atomic E-state index is 0.00176. The number of nitrogens with zero attached hydrogens (tertiary/aromatic N) is 1. The van der Waals surface area contributed by atoms with E-state index in [-0.39, 0.29) is 18.0 Å². The molecular formula is C14H23FN2O. The SMILES string of the molecule is CCCNC(c1cncc(F)c1)C(CC)OCC. The number of ether oxygens (including phenoxy) is 1. The Balaban J connectivity index is 2.88. The summed E-state index contributed by atoms with van der Waals surface area (Å²) in [6, 6.07) is 1.53. The van der Waals surface area contributed by atoms with Crippen LogP contribution in [-0.2, 0) is 4.74 Å². The van der Waals surface area contributed by atoms with E-state index in [4.69, 9.17) is 4.74 Å². The third-order valence-corrected chi connectivity index (χ3v) is 2.85.